The molecule has 0 radical (unpaired) electrons. The van der Waals surface area contributed by atoms with Gasteiger partial charge in [0.1, 0.15) is 5.75 Å². The molecule has 0 amide bonds. The van der Waals surface area contributed by atoms with Crippen molar-refractivity contribution in [2.24, 2.45) is 5.92 Å². The first-order chi connectivity index (χ1) is 9.70. The van der Waals surface area contributed by atoms with E-state index in [4.69, 9.17) is 4.74 Å². The van der Waals surface area contributed by atoms with Crippen LogP contribution in [-0.2, 0) is 6.54 Å². The van der Waals surface area contributed by atoms with E-state index < -0.39 is 0 Å². The summed E-state index contributed by atoms with van der Waals surface area (Å²) in [4.78, 5) is 8.94. The summed E-state index contributed by atoms with van der Waals surface area (Å²) in [5, 5.41) is 3.39. The molecule has 0 saturated heterocycles. The van der Waals surface area contributed by atoms with Gasteiger partial charge in [-0.15, -0.1) is 0 Å². The van der Waals surface area contributed by atoms with Crippen molar-refractivity contribution in [1.82, 2.24) is 15.3 Å². The molecule has 1 aromatic carbocycles. The summed E-state index contributed by atoms with van der Waals surface area (Å²) < 4.78 is 5.36. The smallest absolute Gasteiger partial charge is 0.163 e. The van der Waals surface area contributed by atoms with Crippen molar-refractivity contribution in [2.75, 3.05) is 13.7 Å². The number of rotatable bonds is 6. The van der Waals surface area contributed by atoms with Gasteiger partial charge in [-0.2, -0.15) is 0 Å². The highest BCUT2D eigenvalue weighted by Gasteiger charge is 2.08. The van der Waals surface area contributed by atoms with Crippen molar-refractivity contribution in [3.05, 3.63) is 42.2 Å². The SMILES string of the molecule is COc1ccccc1-c1nccc(CNCC(C)C)n1. The number of hydrogen-bond donors (Lipinski definition) is 1. The zero-order valence-corrected chi connectivity index (χ0v) is 12.3. The van der Waals surface area contributed by atoms with Crippen molar-refractivity contribution in [1.29, 1.82) is 0 Å². The van der Waals surface area contributed by atoms with Gasteiger partial charge in [0.2, 0.25) is 0 Å². The minimum Gasteiger partial charge on any atom is -0.496 e. The summed E-state index contributed by atoms with van der Waals surface area (Å²) in [6.07, 6.45) is 1.79. The van der Waals surface area contributed by atoms with E-state index in [0.717, 1.165) is 30.1 Å². The molecular formula is C16H21N3O. The second kappa shape index (κ2) is 7.01. The van der Waals surface area contributed by atoms with Crippen LogP contribution in [-0.4, -0.2) is 23.6 Å². The van der Waals surface area contributed by atoms with E-state index in [1.165, 1.54) is 0 Å². The standard InChI is InChI=1S/C16H21N3O/c1-12(2)10-17-11-13-8-9-18-16(19-13)14-6-4-5-7-15(14)20-3/h4-9,12,17H,10-11H2,1-3H3. The van der Waals surface area contributed by atoms with Gasteiger partial charge in [-0.25, -0.2) is 9.97 Å². The van der Waals surface area contributed by atoms with E-state index in [2.05, 4.69) is 29.1 Å². The van der Waals surface area contributed by atoms with Crippen LogP contribution in [0.15, 0.2) is 36.5 Å². The van der Waals surface area contributed by atoms with Crippen LogP contribution >= 0.6 is 0 Å². The highest BCUT2D eigenvalue weighted by atomic mass is 16.5. The number of hydrogen-bond acceptors (Lipinski definition) is 4. The normalized spacial score (nSPS) is 10.8. The van der Waals surface area contributed by atoms with Gasteiger partial charge < -0.3 is 10.1 Å². The second-order valence-electron chi connectivity index (χ2n) is 5.10. The van der Waals surface area contributed by atoms with Gasteiger partial charge in [0, 0.05) is 12.7 Å². The molecule has 0 saturated carbocycles. The Labute approximate surface area is 120 Å². The lowest BCUT2D eigenvalue weighted by molar-refractivity contribution is 0.416. The van der Waals surface area contributed by atoms with Crippen LogP contribution in [0.25, 0.3) is 11.4 Å². The Morgan fingerprint density at radius 1 is 1.20 bits per heavy atom. The maximum atomic E-state index is 5.36. The first kappa shape index (κ1) is 14.5. The highest BCUT2D eigenvalue weighted by Crippen LogP contribution is 2.26. The molecule has 4 nitrogen and oxygen atoms in total. The molecule has 0 unspecified atom stereocenters. The molecule has 0 atom stereocenters. The van der Waals surface area contributed by atoms with E-state index in [1.54, 1.807) is 13.3 Å². The van der Waals surface area contributed by atoms with Crippen molar-refractivity contribution < 1.29 is 4.74 Å². The van der Waals surface area contributed by atoms with Gasteiger partial charge in [0.05, 0.1) is 18.4 Å². The number of methoxy groups -OCH3 is 1. The van der Waals surface area contributed by atoms with Crippen molar-refractivity contribution in [3.63, 3.8) is 0 Å². The molecular weight excluding hydrogens is 250 g/mol. The molecule has 0 aliphatic carbocycles. The van der Waals surface area contributed by atoms with E-state index >= 15 is 0 Å². The molecule has 1 N–H and O–H groups in total. The van der Waals surface area contributed by atoms with Crippen LogP contribution < -0.4 is 10.1 Å². The quantitative estimate of drug-likeness (QED) is 0.877. The zero-order chi connectivity index (χ0) is 14.4. The molecule has 20 heavy (non-hydrogen) atoms. The molecule has 1 aromatic heterocycles. The van der Waals surface area contributed by atoms with Gasteiger partial charge in [0.25, 0.3) is 0 Å². The third-order valence-corrected chi connectivity index (χ3v) is 2.92. The lowest BCUT2D eigenvalue weighted by atomic mass is 10.2. The van der Waals surface area contributed by atoms with E-state index in [9.17, 15) is 0 Å². The fourth-order valence-electron chi connectivity index (χ4n) is 1.94. The number of nitrogens with zero attached hydrogens (tertiary/aromatic N) is 2. The maximum Gasteiger partial charge on any atom is 0.163 e. The Morgan fingerprint density at radius 2 is 2.00 bits per heavy atom. The Hall–Kier alpha value is -1.94. The van der Waals surface area contributed by atoms with Gasteiger partial charge in [-0.3, -0.25) is 0 Å². The lowest BCUT2D eigenvalue weighted by Gasteiger charge is -2.09. The number of ether oxygens (including phenoxy) is 1. The van der Waals surface area contributed by atoms with Gasteiger partial charge in [-0.1, -0.05) is 26.0 Å². The minimum absolute atomic E-state index is 0.630. The molecule has 106 valence electrons. The summed E-state index contributed by atoms with van der Waals surface area (Å²) in [6, 6.07) is 9.73. The molecule has 0 spiro atoms. The van der Waals surface area contributed by atoms with Crippen LogP contribution in [0.4, 0.5) is 0 Å². The number of aromatic nitrogens is 2. The molecule has 2 rings (SSSR count). The molecule has 2 aromatic rings. The average molecular weight is 271 g/mol. The maximum absolute atomic E-state index is 5.36. The molecule has 4 heteroatoms. The lowest BCUT2D eigenvalue weighted by Crippen LogP contribution is -2.19. The Bertz CT molecular complexity index is 555. The van der Waals surface area contributed by atoms with Crippen LogP contribution in [0.1, 0.15) is 19.5 Å². The molecule has 0 fully saturated rings. The van der Waals surface area contributed by atoms with Crippen molar-refractivity contribution in [2.45, 2.75) is 20.4 Å². The summed E-state index contributed by atoms with van der Waals surface area (Å²) >= 11 is 0. The monoisotopic (exact) mass is 271 g/mol. The number of benzene rings is 1. The molecule has 0 aliphatic rings. The summed E-state index contributed by atoms with van der Waals surface area (Å²) in [5.74, 6) is 2.12. The van der Waals surface area contributed by atoms with Crippen molar-refractivity contribution >= 4 is 0 Å². The van der Waals surface area contributed by atoms with E-state index in [0.29, 0.717) is 11.7 Å². The minimum atomic E-state index is 0.630. The first-order valence-corrected chi connectivity index (χ1v) is 6.86. The summed E-state index contributed by atoms with van der Waals surface area (Å²) in [6.45, 7) is 6.11. The van der Waals surface area contributed by atoms with Crippen molar-refractivity contribution in [3.8, 4) is 17.1 Å². The van der Waals surface area contributed by atoms with Gasteiger partial charge in [-0.05, 0) is 30.7 Å². The predicted molar refractivity (Wildman–Crippen MR) is 80.6 cm³/mol. The molecule has 1 heterocycles. The molecule has 0 aliphatic heterocycles. The second-order valence-corrected chi connectivity index (χ2v) is 5.10. The van der Waals surface area contributed by atoms with Crippen LogP contribution in [0.3, 0.4) is 0 Å². The largest absolute Gasteiger partial charge is 0.496 e. The fraction of sp³-hybridized carbons (Fsp3) is 0.375. The van der Waals surface area contributed by atoms with Crippen LogP contribution in [0, 0.1) is 5.92 Å². The number of para-hydroxylation sites is 1. The zero-order valence-electron chi connectivity index (χ0n) is 12.3. The predicted octanol–water partition coefficient (Wildman–Crippen LogP) is 2.90. The third-order valence-electron chi connectivity index (χ3n) is 2.92. The third kappa shape index (κ3) is 3.78. The average Bonchev–Trinajstić information content (AvgIpc) is 2.47. The van der Waals surface area contributed by atoms with Crippen LogP contribution in [0.2, 0.25) is 0 Å². The summed E-state index contributed by atoms with van der Waals surface area (Å²) in [7, 11) is 1.66. The topological polar surface area (TPSA) is 47.0 Å². The Balaban J connectivity index is 2.17. The Morgan fingerprint density at radius 3 is 2.75 bits per heavy atom. The number of nitrogens with one attached hydrogen (secondary N) is 1. The van der Waals surface area contributed by atoms with Crippen LogP contribution in [0.5, 0.6) is 5.75 Å². The van der Waals surface area contributed by atoms with Gasteiger partial charge in [0.15, 0.2) is 5.82 Å². The van der Waals surface area contributed by atoms with Gasteiger partial charge >= 0.3 is 0 Å². The van der Waals surface area contributed by atoms with E-state index in [1.807, 2.05) is 30.3 Å². The van der Waals surface area contributed by atoms with E-state index in [-0.39, 0.29) is 0 Å². The molecule has 0 bridgehead atoms. The highest BCUT2D eigenvalue weighted by molar-refractivity contribution is 5.63. The summed E-state index contributed by atoms with van der Waals surface area (Å²) in [5.41, 5.74) is 1.90. The first-order valence-electron chi connectivity index (χ1n) is 6.86. The fourth-order valence-corrected chi connectivity index (χ4v) is 1.94. The Kier molecular flexibility index (Phi) is 5.07.